The first-order chi connectivity index (χ1) is 10.2. The zero-order chi connectivity index (χ0) is 14.7. The van der Waals surface area contributed by atoms with Crippen LogP contribution in [0.4, 0.5) is 5.95 Å². The van der Waals surface area contributed by atoms with Gasteiger partial charge in [0, 0.05) is 50.5 Å². The maximum absolute atomic E-state index is 11.5. The van der Waals surface area contributed by atoms with E-state index in [9.17, 15) is 9.90 Å². The number of anilines is 1. The number of carboxylic acids is 1. The summed E-state index contributed by atoms with van der Waals surface area (Å²) in [6.45, 7) is 2.24. The van der Waals surface area contributed by atoms with Crippen LogP contribution >= 0.6 is 0 Å². The monoisotopic (exact) mass is 288 g/mol. The summed E-state index contributed by atoms with van der Waals surface area (Å²) in [7, 11) is 0. The average Bonchev–Trinajstić information content (AvgIpc) is 3.01. The van der Waals surface area contributed by atoms with Crippen LogP contribution in [0.3, 0.4) is 0 Å². The maximum atomic E-state index is 11.5. The number of aromatic nitrogens is 4. The van der Waals surface area contributed by atoms with Crippen molar-refractivity contribution in [3.8, 4) is 0 Å². The molecule has 2 aromatic heterocycles. The second-order valence-corrected chi connectivity index (χ2v) is 4.90. The van der Waals surface area contributed by atoms with E-state index in [1.54, 1.807) is 31.0 Å². The van der Waals surface area contributed by atoms with E-state index in [4.69, 9.17) is 0 Å². The van der Waals surface area contributed by atoms with E-state index in [-0.39, 0.29) is 0 Å². The quantitative estimate of drug-likeness (QED) is 0.815. The third-order valence-corrected chi connectivity index (χ3v) is 3.54. The highest BCUT2D eigenvalue weighted by atomic mass is 16.4. The minimum Gasteiger partial charge on any atom is -0.480 e. The Morgan fingerprint density at radius 1 is 1.38 bits per heavy atom. The van der Waals surface area contributed by atoms with E-state index in [1.807, 2.05) is 9.80 Å². The molecule has 1 unspecified atom stereocenters. The van der Waals surface area contributed by atoms with Gasteiger partial charge in [0.2, 0.25) is 5.95 Å². The Hall–Kier alpha value is -2.48. The summed E-state index contributed by atoms with van der Waals surface area (Å²) in [5.41, 5.74) is 0.908. The van der Waals surface area contributed by atoms with Gasteiger partial charge in [-0.15, -0.1) is 0 Å². The molecule has 1 aliphatic rings. The zero-order valence-corrected chi connectivity index (χ0v) is 11.4. The fourth-order valence-electron chi connectivity index (χ4n) is 2.47. The molecule has 3 rings (SSSR count). The number of imidazole rings is 1. The molecule has 1 aliphatic heterocycles. The molecule has 2 aromatic rings. The molecular formula is C13H16N6O2. The van der Waals surface area contributed by atoms with Crippen molar-refractivity contribution < 1.29 is 9.90 Å². The highest BCUT2D eigenvalue weighted by Crippen LogP contribution is 2.16. The maximum Gasteiger partial charge on any atom is 0.322 e. The van der Waals surface area contributed by atoms with E-state index in [0.29, 0.717) is 32.1 Å². The molecule has 1 atom stereocenters. The summed E-state index contributed by atoms with van der Waals surface area (Å²) in [5, 5.41) is 9.47. The zero-order valence-electron chi connectivity index (χ0n) is 11.4. The van der Waals surface area contributed by atoms with Gasteiger partial charge in [0.1, 0.15) is 6.04 Å². The number of hydrogen-bond acceptors (Lipinski definition) is 6. The second kappa shape index (κ2) is 5.88. The first kappa shape index (κ1) is 13.5. The molecule has 110 valence electrons. The molecule has 0 saturated carbocycles. The van der Waals surface area contributed by atoms with Crippen LogP contribution in [0.15, 0.2) is 31.0 Å². The van der Waals surface area contributed by atoms with Crippen molar-refractivity contribution in [2.24, 2.45) is 0 Å². The summed E-state index contributed by atoms with van der Waals surface area (Å²) in [4.78, 5) is 30.7. The molecule has 1 fully saturated rings. The molecule has 8 heteroatoms. The van der Waals surface area contributed by atoms with Gasteiger partial charge in [-0.3, -0.25) is 9.69 Å². The van der Waals surface area contributed by atoms with Gasteiger partial charge in [0.15, 0.2) is 0 Å². The average molecular weight is 288 g/mol. The lowest BCUT2D eigenvalue weighted by Crippen LogP contribution is -2.56. The Balaban J connectivity index is 1.73. The molecule has 21 heavy (non-hydrogen) atoms. The Morgan fingerprint density at radius 3 is 2.86 bits per heavy atom. The molecule has 0 aliphatic carbocycles. The predicted octanol–water partition coefficient (Wildman–Crippen LogP) is -0.0249. The highest BCUT2D eigenvalue weighted by Gasteiger charge is 2.33. The van der Waals surface area contributed by atoms with Crippen molar-refractivity contribution in [2.75, 3.05) is 24.5 Å². The SMILES string of the molecule is O=C(O)C1CN(c2ncccn2)CCN1Cc1cnc[nH]1. The van der Waals surface area contributed by atoms with Gasteiger partial charge in [-0.05, 0) is 6.07 Å². The van der Waals surface area contributed by atoms with E-state index >= 15 is 0 Å². The van der Waals surface area contributed by atoms with Crippen LogP contribution in [0.1, 0.15) is 5.69 Å². The summed E-state index contributed by atoms with van der Waals surface area (Å²) in [6, 6.07) is 1.15. The van der Waals surface area contributed by atoms with E-state index in [1.165, 1.54) is 0 Å². The topological polar surface area (TPSA) is 98.2 Å². The lowest BCUT2D eigenvalue weighted by atomic mass is 10.1. The minimum atomic E-state index is -0.838. The van der Waals surface area contributed by atoms with Crippen LogP contribution in [-0.2, 0) is 11.3 Å². The minimum absolute atomic E-state index is 0.369. The van der Waals surface area contributed by atoms with Crippen LogP contribution in [0.25, 0.3) is 0 Å². The molecule has 1 saturated heterocycles. The largest absolute Gasteiger partial charge is 0.480 e. The van der Waals surface area contributed by atoms with Crippen LogP contribution in [0.2, 0.25) is 0 Å². The summed E-state index contributed by atoms with van der Waals surface area (Å²) in [5.74, 6) is -0.264. The fraction of sp³-hybridized carbons (Fsp3) is 0.385. The smallest absolute Gasteiger partial charge is 0.322 e. The third kappa shape index (κ3) is 3.00. The Labute approximate surface area is 121 Å². The van der Waals surface area contributed by atoms with Gasteiger partial charge >= 0.3 is 5.97 Å². The normalized spacial score (nSPS) is 19.6. The lowest BCUT2D eigenvalue weighted by molar-refractivity contribution is -0.143. The molecule has 8 nitrogen and oxygen atoms in total. The molecule has 0 spiro atoms. The number of nitrogens with zero attached hydrogens (tertiary/aromatic N) is 5. The number of piperazine rings is 1. The van der Waals surface area contributed by atoms with Gasteiger partial charge in [-0.1, -0.05) is 0 Å². The highest BCUT2D eigenvalue weighted by molar-refractivity contribution is 5.74. The number of hydrogen-bond donors (Lipinski definition) is 2. The molecule has 0 radical (unpaired) electrons. The molecule has 0 aromatic carbocycles. The van der Waals surface area contributed by atoms with Crippen molar-refractivity contribution in [1.82, 2.24) is 24.8 Å². The Morgan fingerprint density at radius 2 is 2.19 bits per heavy atom. The molecule has 2 N–H and O–H groups in total. The lowest BCUT2D eigenvalue weighted by Gasteiger charge is -2.38. The van der Waals surface area contributed by atoms with Gasteiger partial charge < -0.3 is 15.0 Å². The van der Waals surface area contributed by atoms with Crippen LogP contribution in [0, 0.1) is 0 Å². The molecule has 0 bridgehead atoms. The number of carbonyl (C=O) groups is 1. The Kier molecular flexibility index (Phi) is 3.78. The number of carboxylic acid groups (broad SMARTS) is 1. The predicted molar refractivity (Wildman–Crippen MR) is 74.7 cm³/mol. The summed E-state index contributed by atoms with van der Waals surface area (Å²) >= 11 is 0. The van der Waals surface area contributed by atoms with Crippen molar-refractivity contribution in [3.63, 3.8) is 0 Å². The standard InChI is InChI=1S/C13H16N6O2/c20-12(21)11-8-19(13-15-2-1-3-16-13)5-4-18(11)7-10-6-14-9-17-10/h1-3,6,9,11H,4-5,7-8H2,(H,14,17)(H,20,21). The van der Waals surface area contributed by atoms with Crippen molar-refractivity contribution in [1.29, 1.82) is 0 Å². The number of H-pyrrole nitrogens is 1. The van der Waals surface area contributed by atoms with Crippen LogP contribution in [-0.4, -0.2) is 61.6 Å². The fourth-order valence-corrected chi connectivity index (χ4v) is 2.47. The molecular weight excluding hydrogens is 272 g/mol. The van der Waals surface area contributed by atoms with E-state index < -0.39 is 12.0 Å². The Bertz CT molecular complexity index is 588. The summed E-state index contributed by atoms with van der Waals surface area (Å²) < 4.78 is 0. The second-order valence-electron chi connectivity index (χ2n) is 4.90. The number of aliphatic carboxylic acids is 1. The molecule has 3 heterocycles. The number of rotatable bonds is 4. The van der Waals surface area contributed by atoms with E-state index in [0.717, 1.165) is 5.69 Å². The van der Waals surface area contributed by atoms with E-state index in [2.05, 4.69) is 19.9 Å². The molecule has 0 amide bonds. The third-order valence-electron chi connectivity index (χ3n) is 3.54. The number of nitrogens with one attached hydrogen (secondary N) is 1. The van der Waals surface area contributed by atoms with Crippen LogP contribution < -0.4 is 4.90 Å². The van der Waals surface area contributed by atoms with Crippen molar-refractivity contribution in [2.45, 2.75) is 12.6 Å². The summed E-state index contributed by atoms with van der Waals surface area (Å²) in [6.07, 6.45) is 6.63. The van der Waals surface area contributed by atoms with Gasteiger partial charge in [-0.25, -0.2) is 15.0 Å². The van der Waals surface area contributed by atoms with Gasteiger partial charge in [-0.2, -0.15) is 0 Å². The van der Waals surface area contributed by atoms with Gasteiger partial charge in [0.25, 0.3) is 0 Å². The number of aromatic amines is 1. The van der Waals surface area contributed by atoms with Crippen LogP contribution in [0.5, 0.6) is 0 Å². The van der Waals surface area contributed by atoms with Crippen molar-refractivity contribution in [3.05, 3.63) is 36.7 Å². The van der Waals surface area contributed by atoms with Crippen molar-refractivity contribution >= 4 is 11.9 Å². The first-order valence-electron chi connectivity index (χ1n) is 6.70. The first-order valence-corrected chi connectivity index (χ1v) is 6.70. The van der Waals surface area contributed by atoms with Gasteiger partial charge in [0.05, 0.1) is 6.33 Å².